The minimum Gasteiger partial charge on any atom is -0.477 e. The first kappa shape index (κ1) is 21.2. The molecule has 3 rings (SSSR count). The van der Waals surface area contributed by atoms with Crippen LogP contribution in [0.2, 0.25) is 0 Å². The molecule has 1 aliphatic rings. The lowest BCUT2D eigenvalue weighted by atomic mass is 10.0. The lowest BCUT2D eigenvalue weighted by molar-refractivity contribution is -0.124. The molecule has 5 nitrogen and oxygen atoms in total. The van der Waals surface area contributed by atoms with Crippen LogP contribution in [0.3, 0.4) is 0 Å². The third kappa shape index (κ3) is 5.46. The van der Waals surface area contributed by atoms with Crippen molar-refractivity contribution in [1.82, 2.24) is 9.88 Å². The zero-order valence-electron chi connectivity index (χ0n) is 16.6. The zero-order valence-corrected chi connectivity index (χ0v) is 16.6. The van der Waals surface area contributed by atoms with Crippen molar-refractivity contribution in [2.75, 3.05) is 0 Å². The third-order valence-electron chi connectivity index (χ3n) is 4.52. The summed E-state index contributed by atoms with van der Waals surface area (Å²) in [7, 11) is 0. The topological polar surface area (TPSA) is 71.3 Å². The van der Waals surface area contributed by atoms with Gasteiger partial charge < -0.3 is 15.0 Å². The van der Waals surface area contributed by atoms with Gasteiger partial charge in [0.1, 0.15) is 11.7 Å². The minimum atomic E-state index is -1.04. The smallest absolute Gasteiger partial charge is 0.352 e. The average Bonchev–Trinajstić information content (AvgIpc) is 3.20. The van der Waals surface area contributed by atoms with E-state index in [4.69, 9.17) is 0 Å². The molecule has 0 aliphatic heterocycles. The van der Waals surface area contributed by atoms with E-state index in [-0.39, 0.29) is 17.6 Å². The van der Waals surface area contributed by atoms with E-state index in [9.17, 15) is 14.7 Å². The number of aromatic nitrogens is 1. The van der Waals surface area contributed by atoms with Crippen molar-refractivity contribution in [1.29, 1.82) is 0 Å². The summed E-state index contributed by atoms with van der Waals surface area (Å²) >= 11 is 0. The van der Waals surface area contributed by atoms with E-state index in [1.807, 2.05) is 63.3 Å². The van der Waals surface area contributed by atoms with Crippen molar-refractivity contribution in [2.24, 2.45) is 0 Å². The summed E-state index contributed by atoms with van der Waals surface area (Å²) in [5.41, 5.74) is 2.26. The summed E-state index contributed by atoms with van der Waals surface area (Å²) in [5, 5.41) is 12.5. The van der Waals surface area contributed by atoms with Crippen LogP contribution in [0.1, 0.15) is 49.3 Å². The Morgan fingerprint density at radius 1 is 1.18 bits per heavy atom. The van der Waals surface area contributed by atoms with Crippen molar-refractivity contribution < 1.29 is 14.7 Å². The monoisotopic (exact) mass is 380 g/mol. The molecule has 1 aromatic heterocycles. The lowest BCUT2D eigenvalue weighted by Crippen LogP contribution is -2.40. The van der Waals surface area contributed by atoms with E-state index in [0.29, 0.717) is 6.42 Å². The predicted molar refractivity (Wildman–Crippen MR) is 111 cm³/mol. The Kier molecular flexibility index (Phi) is 7.81. The van der Waals surface area contributed by atoms with Crippen LogP contribution in [-0.2, 0) is 11.2 Å². The third-order valence-corrected chi connectivity index (χ3v) is 4.52. The molecule has 0 bridgehead atoms. The number of hydrogen-bond acceptors (Lipinski definition) is 2. The number of carboxylic acids is 1. The Hall–Kier alpha value is -3.08. The fourth-order valence-electron chi connectivity index (χ4n) is 3.11. The number of rotatable bonds is 6. The molecule has 2 unspecified atom stereocenters. The molecule has 2 aromatic rings. The Bertz CT molecular complexity index is 850. The number of nitrogens with one attached hydrogen (secondary N) is 1. The second-order valence-corrected chi connectivity index (χ2v) is 6.47. The van der Waals surface area contributed by atoms with Gasteiger partial charge in [0.05, 0.1) is 6.04 Å². The Balaban J connectivity index is 0.00000136. The van der Waals surface area contributed by atoms with Crippen molar-refractivity contribution >= 4 is 11.9 Å². The molecule has 0 radical (unpaired) electrons. The predicted octanol–water partition coefficient (Wildman–Crippen LogP) is 4.39. The van der Waals surface area contributed by atoms with E-state index >= 15 is 0 Å². The summed E-state index contributed by atoms with van der Waals surface area (Å²) < 4.78 is 1.54. The van der Waals surface area contributed by atoms with Gasteiger partial charge in [-0.15, -0.1) is 0 Å². The first-order valence-electron chi connectivity index (χ1n) is 9.64. The molecule has 1 heterocycles. The Labute approximate surface area is 166 Å². The zero-order chi connectivity index (χ0) is 20.5. The fraction of sp³-hybridized carbons (Fsp3) is 0.304. The molecule has 28 heavy (non-hydrogen) atoms. The van der Waals surface area contributed by atoms with Crippen LogP contribution in [0.15, 0.2) is 72.5 Å². The maximum Gasteiger partial charge on any atom is 0.352 e. The minimum absolute atomic E-state index is 0.0756. The highest BCUT2D eigenvalue weighted by Crippen LogP contribution is 2.20. The highest BCUT2D eigenvalue weighted by Gasteiger charge is 2.26. The maximum atomic E-state index is 13.0. The molecule has 2 atom stereocenters. The maximum absolute atomic E-state index is 13.0. The summed E-state index contributed by atoms with van der Waals surface area (Å²) in [6, 6.07) is 12.1. The number of hydrogen-bond donors (Lipinski definition) is 2. The molecule has 0 spiro atoms. The number of allylic oxidation sites excluding steroid dienone is 2. The Morgan fingerprint density at radius 2 is 1.89 bits per heavy atom. The van der Waals surface area contributed by atoms with Crippen LogP contribution in [-0.4, -0.2) is 27.6 Å². The highest BCUT2D eigenvalue weighted by atomic mass is 16.4. The second-order valence-electron chi connectivity index (χ2n) is 6.47. The van der Waals surface area contributed by atoms with Gasteiger partial charge in [-0.1, -0.05) is 68.0 Å². The molecule has 1 aromatic carbocycles. The van der Waals surface area contributed by atoms with E-state index in [2.05, 4.69) is 11.4 Å². The number of carbonyl (C=O) groups excluding carboxylic acids is 1. The number of carbonyl (C=O) groups is 2. The molecule has 2 N–H and O–H groups in total. The summed E-state index contributed by atoms with van der Waals surface area (Å²) in [6.07, 6.45) is 8.85. The molecule has 148 valence electrons. The molecule has 0 saturated heterocycles. The number of benzene rings is 1. The van der Waals surface area contributed by atoms with Crippen LogP contribution in [0.25, 0.3) is 0 Å². The quantitative estimate of drug-likeness (QED) is 0.781. The standard InChI is InChI=1S/C21H22N2O3.C2H6/c1-15-9-11-17(12-10-15)22-20(24)19(14-16-6-3-2-4-7-16)23-13-5-8-18(23)21(25)26;1-2/h2-11,13,17,19H,12,14H2,1H3,(H,22,24)(H,25,26);1-2H3. The molecular weight excluding hydrogens is 352 g/mol. The SMILES string of the molecule is CC.CC1=CCC(NC(=O)C(Cc2ccccc2)n2cccc2C(=O)O)C=C1. The highest BCUT2D eigenvalue weighted by molar-refractivity contribution is 5.88. The van der Waals surface area contributed by atoms with Crippen LogP contribution in [0.4, 0.5) is 0 Å². The Morgan fingerprint density at radius 3 is 2.50 bits per heavy atom. The van der Waals surface area contributed by atoms with Crippen LogP contribution in [0.5, 0.6) is 0 Å². The normalized spacial score (nSPS) is 16.4. The van der Waals surface area contributed by atoms with Crippen molar-refractivity contribution in [3.8, 4) is 0 Å². The number of amides is 1. The van der Waals surface area contributed by atoms with Gasteiger partial charge in [0.2, 0.25) is 5.91 Å². The largest absolute Gasteiger partial charge is 0.477 e. The van der Waals surface area contributed by atoms with Crippen molar-refractivity contribution in [3.63, 3.8) is 0 Å². The van der Waals surface area contributed by atoms with E-state index in [0.717, 1.165) is 12.0 Å². The molecule has 5 heteroatoms. The van der Waals surface area contributed by atoms with E-state index < -0.39 is 12.0 Å². The van der Waals surface area contributed by atoms with E-state index in [1.54, 1.807) is 12.3 Å². The molecule has 0 fully saturated rings. The van der Waals surface area contributed by atoms with E-state index in [1.165, 1.54) is 16.2 Å². The molecule has 1 aliphatic carbocycles. The second kappa shape index (κ2) is 10.3. The van der Waals surface area contributed by atoms with Gasteiger partial charge in [-0.25, -0.2) is 4.79 Å². The van der Waals surface area contributed by atoms with Crippen LogP contribution < -0.4 is 5.32 Å². The van der Waals surface area contributed by atoms with Gasteiger partial charge >= 0.3 is 5.97 Å². The molecular formula is C23H28N2O3. The summed E-state index contributed by atoms with van der Waals surface area (Å²) in [5.74, 6) is -1.23. The van der Waals surface area contributed by atoms with Crippen LogP contribution >= 0.6 is 0 Å². The average molecular weight is 380 g/mol. The van der Waals surface area contributed by atoms with Gasteiger partial charge in [0, 0.05) is 12.6 Å². The number of carboxylic acid groups (broad SMARTS) is 1. The first-order valence-corrected chi connectivity index (χ1v) is 9.64. The lowest BCUT2D eigenvalue weighted by Gasteiger charge is -2.24. The van der Waals surface area contributed by atoms with Gasteiger partial charge in [-0.2, -0.15) is 0 Å². The molecule has 0 saturated carbocycles. The van der Waals surface area contributed by atoms with Gasteiger partial charge in [-0.3, -0.25) is 4.79 Å². The van der Waals surface area contributed by atoms with Crippen molar-refractivity contribution in [2.45, 2.75) is 45.7 Å². The summed E-state index contributed by atoms with van der Waals surface area (Å²) in [6.45, 7) is 6.02. The van der Waals surface area contributed by atoms with Crippen molar-refractivity contribution in [3.05, 3.63) is 83.7 Å². The molecule has 1 amide bonds. The first-order chi connectivity index (χ1) is 13.5. The number of nitrogens with zero attached hydrogens (tertiary/aromatic N) is 1. The van der Waals surface area contributed by atoms with Gasteiger partial charge in [0.25, 0.3) is 0 Å². The van der Waals surface area contributed by atoms with Crippen LogP contribution in [0, 0.1) is 0 Å². The fourth-order valence-corrected chi connectivity index (χ4v) is 3.11. The number of aromatic carboxylic acids is 1. The van der Waals surface area contributed by atoms with Gasteiger partial charge in [-0.05, 0) is 31.0 Å². The van der Waals surface area contributed by atoms with Gasteiger partial charge in [0.15, 0.2) is 0 Å². The summed E-state index contributed by atoms with van der Waals surface area (Å²) in [4.78, 5) is 24.5.